The molecule has 3 rings (SSSR count). The van der Waals surface area contributed by atoms with Crippen LogP contribution in [0.2, 0.25) is 5.02 Å². The molecular formula is C20H17ClO4S. The van der Waals surface area contributed by atoms with Crippen LogP contribution in [0.15, 0.2) is 53.9 Å². The van der Waals surface area contributed by atoms with Gasteiger partial charge in [-0.15, -0.1) is 11.3 Å². The molecule has 0 spiro atoms. The van der Waals surface area contributed by atoms with Gasteiger partial charge in [-0.2, -0.15) is 0 Å². The maximum absolute atomic E-state index is 12.3. The van der Waals surface area contributed by atoms with E-state index in [9.17, 15) is 4.79 Å². The summed E-state index contributed by atoms with van der Waals surface area (Å²) >= 11 is 7.51. The fourth-order valence-corrected chi connectivity index (χ4v) is 3.29. The van der Waals surface area contributed by atoms with Crippen molar-refractivity contribution in [1.29, 1.82) is 0 Å². The van der Waals surface area contributed by atoms with Gasteiger partial charge in [-0.05, 0) is 60.3 Å². The van der Waals surface area contributed by atoms with Crippen LogP contribution in [-0.2, 0) is 4.74 Å². The van der Waals surface area contributed by atoms with Gasteiger partial charge in [0.25, 0.3) is 0 Å². The topological polar surface area (TPSA) is 44.8 Å². The number of carbonyl (C=O) groups is 1. The zero-order valence-electron chi connectivity index (χ0n) is 14.3. The Kier molecular flexibility index (Phi) is 5.81. The molecule has 1 aromatic heterocycles. The molecule has 0 aliphatic rings. The van der Waals surface area contributed by atoms with Gasteiger partial charge in [0.15, 0.2) is 11.5 Å². The molecule has 3 aromatic rings. The van der Waals surface area contributed by atoms with E-state index in [1.807, 2.05) is 30.5 Å². The summed E-state index contributed by atoms with van der Waals surface area (Å²) in [6, 6.07) is 14.5. The highest BCUT2D eigenvalue weighted by atomic mass is 35.5. The Bertz CT molecular complexity index is 889. The van der Waals surface area contributed by atoms with Gasteiger partial charge < -0.3 is 14.2 Å². The number of rotatable bonds is 6. The van der Waals surface area contributed by atoms with E-state index >= 15 is 0 Å². The number of thiophene rings is 1. The van der Waals surface area contributed by atoms with Crippen LogP contribution in [0.3, 0.4) is 0 Å². The molecule has 0 atom stereocenters. The predicted octanol–water partition coefficient (Wildman–Crippen LogP) is 6.05. The lowest BCUT2D eigenvalue weighted by molar-refractivity contribution is 0.0595. The molecule has 0 bridgehead atoms. The van der Waals surface area contributed by atoms with Crippen molar-refractivity contribution in [3.63, 3.8) is 0 Å². The van der Waals surface area contributed by atoms with Crippen LogP contribution < -0.4 is 9.47 Å². The maximum Gasteiger partial charge on any atom is 0.341 e. The van der Waals surface area contributed by atoms with Crippen molar-refractivity contribution in [2.45, 2.75) is 6.92 Å². The normalized spacial score (nSPS) is 10.4. The predicted molar refractivity (Wildman–Crippen MR) is 104 cm³/mol. The summed E-state index contributed by atoms with van der Waals surface area (Å²) in [6.07, 6.45) is 0. The molecule has 6 heteroatoms. The second-order valence-corrected chi connectivity index (χ2v) is 6.69. The average molecular weight is 389 g/mol. The fourth-order valence-electron chi connectivity index (χ4n) is 2.45. The van der Waals surface area contributed by atoms with E-state index in [1.54, 1.807) is 41.7 Å². The molecular weight excluding hydrogens is 372 g/mol. The van der Waals surface area contributed by atoms with Crippen molar-refractivity contribution in [2.75, 3.05) is 13.7 Å². The Morgan fingerprint density at radius 2 is 1.92 bits per heavy atom. The summed E-state index contributed by atoms with van der Waals surface area (Å²) in [5.41, 5.74) is 1.18. The summed E-state index contributed by atoms with van der Waals surface area (Å²) in [5, 5.41) is 2.59. The van der Waals surface area contributed by atoms with E-state index in [4.69, 9.17) is 25.8 Å². The van der Waals surface area contributed by atoms with Gasteiger partial charge >= 0.3 is 5.97 Å². The van der Waals surface area contributed by atoms with Crippen LogP contribution in [0.1, 0.15) is 17.3 Å². The highest BCUT2D eigenvalue weighted by molar-refractivity contribution is 7.13. The highest BCUT2D eigenvalue weighted by Crippen LogP contribution is 2.40. The highest BCUT2D eigenvalue weighted by Gasteiger charge is 2.21. The first-order chi connectivity index (χ1) is 12.6. The first-order valence-corrected chi connectivity index (χ1v) is 9.24. The van der Waals surface area contributed by atoms with E-state index in [0.29, 0.717) is 34.4 Å². The van der Waals surface area contributed by atoms with E-state index in [2.05, 4.69) is 0 Å². The Labute approximate surface area is 160 Å². The van der Waals surface area contributed by atoms with Crippen molar-refractivity contribution in [1.82, 2.24) is 0 Å². The van der Waals surface area contributed by atoms with Crippen molar-refractivity contribution >= 4 is 28.9 Å². The number of halogens is 1. The zero-order chi connectivity index (χ0) is 18.5. The molecule has 0 aliphatic heterocycles. The Morgan fingerprint density at radius 1 is 1.15 bits per heavy atom. The molecule has 134 valence electrons. The zero-order valence-corrected chi connectivity index (χ0v) is 15.9. The molecule has 1 heterocycles. The van der Waals surface area contributed by atoms with E-state index in [1.165, 1.54) is 7.11 Å². The Balaban J connectivity index is 2.13. The molecule has 26 heavy (non-hydrogen) atoms. The lowest BCUT2D eigenvalue weighted by Crippen LogP contribution is -2.07. The van der Waals surface area contributed by atoms with Gasteiger partial charge in [0.2, 0.25) is 0 Å². The standard InChI is InChI=1S/C20H17ClO4S/c1-3-24-19-16(20(22)23-2)11-13(18-5-4-10-26-18)12-17(19)25-15-8-6-14(21)7-9-15/h4-12H,3H2,1-2H3. The van der Waals surface area contributed by atoms with Crippen LogP contribution in [0, 0.1) is 0 Å². The third-order valence-corrected chi connectivity index (χ3v) is 4.77. The summed E-state index contributed by atoms with van der Waals surface area (Å²) in [7, 11) is 1.34. The SMILES string of the molecule is CCOc1c(Oc2ccc(Cl)cc2)cc(-c2cccs2)cc1C(=O)OC. The fraction of sp³-hybridized carbons (Fsp3) is 0.150. The van der Waals surface area contributed by atoms with Gasteiger partial charge in [-0.3, -0.25) is 0 Å². The molecule has 0 fully saturated rings. The van der Waals surface area contributed by atoms with Crippen molar-refractivity contribution < 1.29 is 19.0 Å². The second-order valence-electron chi connectivity index (χ2n) is 5.31. The van der Waals surface area contributed by atoms with Gasteiger partial charge in [0.05, 0.1) is 13.7 Å². The molecule has 0 saturated heterocycles. The van der Waals surface area contributed by atoms with Crippen LogP contribution >= 0.6 is 22.9 Å². The van der Waals surface area contributed by atoms with Crippen LogP contribution in [0.25, 0.3) is 10.4 Å². The van der Waals surface area contributed by atoms with Gasteiger partial charge in [0, 0.05) is 9.90 Å². The third-order valence-electron chi connectivity index (χ3n) is 3.60. The van der Waals surface area contributed by atoms with Crippen molar-refractivity contribution in [3.8, 4) is 27.7 Å². The van der Waals surface area contributed by atoms with Crippen molar-refractivity contribution in [3.05, 3.63) is 64.5 Å². The Hall–Kier alpha value is -2.50. The molecule has 0 aliphatic carbocycles. The summed E-state index contributed by atoms with van der Waals surface area (Å²) < 4.78 is 16.6. The number of esters is 1. The molecule has 0 N–H and O–H groups in total. The van der Waals surface area contributed by atoms with Gasteiger partial charge in [-0.1, -0.05) is 17.7 Å². The number of hydrogen-bond donors (Lipinski definition) is 0. The first kappa shape index (κ1) is 18.3. The molecule has 4 nitrogen and oxygen atoms in total. The molecule has 2 aromatic carbocycles. The average Bonchev–Trinajstić information content (AvgIpc) is 3.19. The number of carbonyl (C=O) groups excluding carboxylic acids is 1. The van der Waals surface area contributed by atoms with Gasteiger partial charge in [0.1, 0.15) is 11.3 Å². The molecule has 0 radical (unpaired) electrons. The first-order valence-electron chi connectivity index (χ1n) is 7.98. The lowest BCUT2D eigenvalue weighted by atomic mass is 10.1. The quantitative estimate of drug-likeness (QED) is 0.482. The largest absolute Gasteiger partial charge is 0.489 e. The van der Waals surface area contributed by atoms with E-state index < -0.39 is 5.97 Å². The summed E-state index contributed by atoms with van der Waals surface area (Å²) in [5.74, 6) is 0.914. The number of hydrogen-bond acceptors (Lipinski definition) is 5. The summed E-state index contributed by atoms with van der Waals surface area (Å²) in [6.45, 7) is 2.24. The minimum Gasteiger partial charge on any atom is -0.489 e. The molecule has 0 unspecified atom stereocenters. The molecule has 0 saturated carbocycles. The Morgan fingerprint density at radius 3 is 2.54 bits per heavy atom. The van der Waals surface area contributed by atoms with Gasteiger partial charge in [-0.25, -0.2) is 4.79 Å². The number of methoxy groups -OCH3 is 1. The number of benzene rings is 2. The summed E-state index contributed by atoms with van der Waals surface area (Å²) in [4.78, 5) is 13.3. The maximum atomic E-state index is 12.3. The van der Waals surface area contributed by atoms with Crippen molar-refractivity contribution in [2.24, 2.45) is 0 Å². The van der Waals surface area contributed by atoms with E-state index in [-0.39, 0.29) is 0 Å². The third kappa shape index (κ3) is 4.00. The molecule has 0 amide bonds. The van der Waals surface area contributed by atoms with E-state index in [0.717, 1.165) is 10.4 Å². The minimum absolute atomic E-state index is 0.323. The lowest BCUT2D eigenvalue weighted by Gasteiger charge is -2.16. The smallest absolute Gasteiger partial charge is 0.341 e. The van der Waals surface area contributed by atoms with Crippen LogP contribution in [-0.4, -0.2) is 19.7 Å². The minimum atomic E-state index is -0.479. The number of ether oxygens (including phenoxy) is 3. The van der Waals surface area contributed by atoms with Crippen LogP contribution in [0.5, 0.6) is 17.2 Å². The monoisotopic (exact) mass is 388 g/mol. The van der Waals surface area contributed by atoms with Crippen LogP contribution in [0.4, 0.5) is 0 Å². The second kappa shape index (κ2) is 8.25.